The maximum atomic E-state index is 12.7. The number of rotatable bonds is 7. The fourth-order valence-electron chi connectivity index (χ4n) is 3.40. The lowest BCUT2D eigenvalue weighted by Gasteiger charge is -2.13. The number of nitrogens with zero attached hydrogens (tertiary/aromatic N) is 4. The molecule has 3 aromatic rings. The van der Waals surface area contributed by atoms with Crippen LogP contribution in [-0.2, 0) is 13.5 Å². The van der Waals surface area contributed by atoms with E-state index in [0.29, 0.717) is 22.9 Å². The average molecular weight is 389 g/mol. The van der Waals surface area contributed by atoms with Gasteiger partial charge in [0, 0.05) is 30.6 Å². The summed E-state index contributed by atoms with van der Waals surface area (Å²) in [6, 6.07) is 11.1. The van der Waals surface area contributed by atoms with Crippen molar-refractivity contribution in [2.45, 2.75) is 38.0 Å². The smallest absolute Gasteiger partial charge is 0.274 e. The van der Waals surface area contributed by atoms with Crippen LogP contribution in [0.5, 0.6) is 0 Å². The van der Waals surface area contributed by atoms with Crippen molar-refractivity contribution in [3.05, 3.63) is 71.1 Å². The summed E-state index contributed by atoms with van der Waals surface area (Å²) in [7, 11) is 1.93. The molecule has 4 rings (SSSR count). The van der Waals surface area contributed by atoms with Crippen LogP contribution in [0.2, 0.25) is 0 Å². The van der Waals surface area contributed by atoms with Gasteiger partial charge in [0.1, 0.15) is 17.8 Å². The van der Waals surface area contributed by atoms with Gasteiger partial charge in [0.05, 0.1) is 5.69 Å². The zero-order valence-electron chi connectivity index (χ0n) is 16.5. The summed E-state index contributed by atoms with van der Waals surface area (Å²) < 4.78 is 1.91. The van der Waals surface area contributed by atoms with E-state index >= 15 is 0 Å². The quantitative estimate of drug-likeness (QED) is 0.625. The summed E-state index contributed by atoms with van der Waals surface area (Å²) in [5, 5.41) is 11.0. The van der Waals surface area contributed by atoms with Crippen LogP contribution < -0.4 is 5.32 Å². The van der Waals surface area contributed by atoms with Gasteiger partial charge in [0.15, 0.2) is 6.29 Å². The highest BCUT2D eigenvalue weighted by Gasteiger charge is 2.28. The molecule has 7 heteroatoms. The maximum absolute atomic E-state index is 12.7. The van der Waals surface area contributed by atoms with Crippen molar-refractivity contribution in [2.75, 3.05) is 5.32 Å². The van der Waals surface area contributed by atoms with E-state index in [1.54, 1.807) is 18.5 Å². The van der Waals surface area contributed by atoms with E-state index in [9.17, 15) is 9.59 Å². The minimum absolute atomic E-state index is 0.223. The van der Waals surface area contributed by atoms with Crippen LogP contribution in [0.15, 0.2) is 42.7 Å². The minimum atomic E-state index is -0.276. The highest BCUT2D eigenvalue weighted by Crippen LogP contribution is 2.40. The van der Waals surface area contributed by atoms with E-state index in [1.807, 2.05) is 35.9 Å². The highest BCUT2D eigenvalue weighted by molar-refractivity contribution is 6.03. The van der Waals surface area contributed by atoms with Gasteiger partial charge in [-0.15, -0.1) is 10.2 Å². The maximum Gasteiger partial charge on any atom is 0.274 e. The van der Waals surface area contributed by atoms with E-state index in [-0.39, 0.29) is 11.8 Å². The molecule has 1 amide bonds. The number of amides is 1. The average Bonchev–Trinajstić information content (AvgIpc) is 3.51. The molecule has 0 spiro atoms. The molecule has 1 atom stereocenters. The molecule has 1 fully saturated rings. The number of benzene rings is 1. The second-order valence-corrected chi connectivity index (χ2v) is 7.61. The highest BCUT2D eigenvalue weighted by atomic mass is 16.1. The molecule has 0 unspecified atom stereocenters. The standard InChI is InChI=1S/C22H23N5O2/c1-14(10-20-26-23-13-27(20)2)16-4-3-5-18(11-16)24-22(29)19-9-8-17(12-28)21(25-19)15-6-7-15/h3-5,8-9,11-15H,6-7,10H2,1-2H3,(H,24,29)/t14-/m1/s1. The van der Waals surface area contributed by atoms with Gasteiger partial charge in [-0.05, 0) is 48.6 Å². The van der Waals surface area contributed by atoms with Crippen molar-refractivity contribution in [3.8, 4) is 0 Å². The van der Waals surface area contributed by atoms with Gasteiger partial charge < -0.3 is 9.88 Å². The van der Waals surface area contributed by atoms with Crippen molar-refractivity contribution >= 4 is 17.9 Å². The van der Waals surface area contributed by atoms with Crippen LogP contribution in [-0.4, -0.2) is 31.9 Å². The van der Waals surface area contributed by atoms with Crippen LogP contribution in [0, 0.1) is 0 Å². The monoisotopic (exact) mass is 389 g/mol. The van der Waals surface area contributed by atoms with Gasteiger partial charge in [0.25, 0.3) is 5.91 Å². The Kier molecular flexibility index (Phi) is 5.20. The summed E-state index contributed by atoms with van der Waals surface area (Å²) in [5.74, 6) is 1.16. The van der Waals surface area contributed by atoms with Crippen molar-refractivity contribution < 1.29 is 9.59 Å². The first kappa shape index (κ1) is 19.0. The summed E-state index contributed by atoms with van der Waals surface area (Å²) in [6.45, 7) is 2.12. The Hall–Kier alpha value is -3.35. The minimum Gasteiger partial charge on any atom is -0.321 e. The molecular formula is C22H23N5O2. The first-order valence-electron chi connectivity index (χ1n) is 9.75. The Bertz CT molecular complexity index is 1050. The summed E-state index contributed by atoms with van der Waals surface area (Å²) in [4.78, 5) is 28.4. The first-order valence-corrected chi connectivity index (χ1v) is 9.75. The molecule has 1 saturated carbocycles. The Morgan fingerprint density at radius 2 is 2.14 bits per heavy atom. The van der Waals surface area contributed by atoms with Gasteiger partial charge in [0.2, 0.25) is 0 Å². The fraction of sp³-hybridized carbons (Fsp3) is 0.318. The fourth-order valence-corrected chi connectivity index (χ4v) is 3.40. The molecule has 0 bridgehead atoms. The number of carbonyl (C=O) groups is 2. The zero-order chi connectivity index (χ0) is 20.4. The number of nitrogens with one attached hydrogen (secondary N) is 1. The van der Waals surface area contributed by atoms with Gasteiger partial charge >= 0.3 is 0 Å². The Balaban J connectivity index is 1.49. The number of hydrogen-bond acceptors (Lipinski definition) is 5. The number of aldehydes is 1. The number of aryl methyl sites for hydroxylation is 1. The molecule has 1 N–H and O–H groups in total. The lowest BCUT2D eigenvalue weighted by Crippen LogP contribution is -2.15. The molecule has 0 aliphatic heterocycles. The van der Waals surface area contributed by atoms with E-state index in [1.165, 1.54) is 0 Å². The normalized spacial score (nSPS) is 14.4. The number of anilines is 1. The van der Waals surface area contributed by atoms with Gasteiger partial charge in [-0.3, -0.25) is 9.59 Å². The van der Waals surface area contributed by atoms with E-state index in [4.69, 9.17) is 0 Å². The number of aromatic nitrogens is 4. The first-order chi connectivity index (χ1) is 14.0. The van der Waals surface area contributed by atoms with Crippen molar-refractivity contribution in [2.24, 2.45) is 7.05 Å². The van der Waals surface area contributed by atoms with Crippen molar-refractivity contribution in [1.29, 1.82) is 0 Å². The third-order valence-electron chi connectivity index (χ3n) is 5.29. The molecule has 29 heavy (non-hydrogen) atoms. The number of carbonyl (C=O) groups excluding carboxylic acids is 2. The molecule has 148 valence electrons. The lowest BCUT2D eigenvalue weighted by atomic mass is 9.97. The number of pyridine rings is 1. The molecular weight excluding hydrogens is 366 g/mol. The second kappa shape index (κ2) is 7.95. The molecule has 7 nitrogen and oxygen atoms in total. The van der Waals surface area contributed by atoms with Crippen LogP contribution in [0.25, 0.3) is 0 Å². The SMILES string of the molecule is C[C@H](Cc1nncn1C)c1cccc(NC(=O)c2ccc(C=O)c(C3CC3)n2)c1. The van der Waals surface area contributed by atoms with Crippen LogP contribution in [0.4, 0.5) is 5.69 Å². The third kappa shape index (κ3) is 4.23. The molecule has 0 saturated heterocycles. The van der Waals surface area contributed by atoms with Crippen molar-refractivity contribution in [1.82, 2.24) is 19.7 Å². The molecule has 1 aliphatic rings. The molecule has 1 aromatic carbocycles. The largest absolute Gasteiger partial charge is 0.321 e. The second-order valence-electron chi connectivity index (χ2n) is 7.61. The van der Waals surface area contributed by atoms with Crippen LogP contribution in [0.3, 0.4) is 0 Å². The summed E-state index contributed by atoms with van der Waals surface area (Å²) in [5.41, 5.74) is 3.46. The zero-order valence-corrected chi connectivity index (χ0v) is 16.5. The predicted molar refractivity (Wildman–Crippen MR) is 109 cm³/mol. The van der Waals surface area contributed by atoms with Gasteiger partial charge in [-0.1, -0.05) is 19.1 Å². The summed E-state index contributed by atoms with van der Waals surface area (Å²) >= 11 is 0. The van der Waals surface area contributed by atoms with Crippen LogP contribution in [0.1, 0.15) is 69.5 Å². The molecule has 0 radical (unpaired) electrons. The Labute approximate surface area is 169 Å². The topological polar surface area (TPSA) is 89.8 Å². The number of hydrogen-bond donors (Lipinski definition) is 1. The van der Waals surface area contributed by atoms with Gasteiger partial charge in [-0.2, -0.15) is 0 Å². The summed E-state index contributed by atoms with van der Waals surface area (Å²) in [6.07, 6.45) is 5.30. The predicted octanol–water partition coefficient (Wildman–Crippen LogP) is 3.50. The third-order valence-corrected chi connectivity index (χ3v) is 5.29. The van der Waals surface area contributed by atoms with E-state index < -0.39 is 0 Å². The van der Waals surface area contributed by atoms with E-state index in [0.717, 1.165) is 42.6 Å². The molecule has 2 aromatic heterocycles. The lowest BCUT2D eigenvalue weighted by molar-refractivity contribution is 0.102. The van der Waals surface area contributed by atoms with Crippen molar-refractivity contribution in [3.63, 3.8) is 0 Å². The molecule has 2 heterocycles. The van der Waals surface area contributed by atoms with E-state index in [2.05, 4.69) is 27.4 Å². The van der Waals surface area contributed by atoms with Gasteiger partial charge in [-0.25, -0.2) is 4.98 Å². The Morgan fingerprint density at radius 1 is 1.31 bits per heavy atom. The van der Waals surface area contributed by atoms with Crippen LogP contribution >= 0.6 is 0 Å². The Morgan fingerprint density at radius 3 is 2.83 bits per heavy atom. The molecule has 1 aliphatic carbocycles.